The van der Waals surface area contributed by atoms with Gasteiger partial charge in [-0.1, -0.05) is 0 Å². The van der Waals surface area contributed by atoms with Gasteiger partial charge in [0.05, 0.1) is 19.8 Å². The van der Waals surface area contributed by atoms with Crippen LogP contribution in [0.4, 0.5) is 0 Å². The van der Waals surface area contributed by atoms with Crippen molar-refractivity contribution in [2.24, 2.45) is 0 Å². The van der Waals surface area contributed by atoms with Crippen molar-refractivity contribution in [3.8, 4) is 0 Å². The zero-order valence-electron chi connectivity index (χ0n) is 9.09. The average molecular weight is 294 g/mol. The van der Waals surface area contributed by atoms with Gasteiger partial charge in [0.1, 0.15) is 0 Å². The van der Waals surface area contributed by atoms with Gasteiger partial charge in [-0.15, -0.1) is 0 Å². The van der Waals surface area contributed by atoms with E-state index in [0.29, 0.717) is 0 Å². The van der Waals surface area contributed by atoms with Crippen molar-refractivity contribution in [1.29, 1.82) is 0 Å². The molecular weight excluding hydrogens is 278 g/mol. The van der Waals surface area contributed by atoms with E-state index in [4.69, 9.17) is 24.3 Å². The Labute approximate surface area is 97.7 Å². The number of ether oxygens (including phenoxy) is 2. The summed E-state index contributed by atoms with van der Waals surface area (Å²) in [5.74, 6) is 0. The molecule has 0 aromatic rings. The molecule has 104 valence electrons. The fourth-order valence-electron chi connectivity index (χ4n) is 0.914. The Morgan fingerprint density at radius 1 is 1.00 bits per heavy atom. The molecule has 17 heavy (non-hydrogen) atoms. The Balaban J connectivity index is 4.55. The third kappa shape index (κ3) is 4.75. The number of hydrogen-bond acceptors (Lipinski definition) is 5. The van der Waals surface area contributed by atoms with Crippen molar-refractivity contribution in [3.63, 3.8) is 0 Å². The van der Waals surface area contributed by atoms with Crippen LogP contribution in [0, 0.1) is 0 Å². The molecule has 0 heterocycles. The number of hydrogen-bond donors (Lipinski definition) is 5. The standard InChI is InChI=1S/C6H16O9P2/c1-14-4-5-15-3-2-6(7,16(8,9)10)17(11,12)13/h7H,2-5H2,1H3,(H2,8,9,10)(H2,11,12,13). The van der Waals surface area contributed by atoms with Crippen LogP contribution in [0.25, 0.3) is 0 Å². The normalized spacial score (nSPS) is 14.0. The van der Waals surface area contributed by atoms with Crippen LogP contribution in [0.3, 0.4) is 0 Å². The maximum absolute atomic E-state index is 10.9. The highest BCUT2D eigenvalue weighted by molar-refractivity contribution is 7.72. The van der Waals surface area contributed by atoms with Crippen molar-refractivity contribution in [2.45, 2.75) is 11.5 Å². The van der Waals surface area contributed by atoms with Crippen molar-refractivity contribution in [1.82, 2.24) is 0 Å². The molecule has 0 aliphatic carbocycles. The lowest BCUT2D eigenvalue weighted by Gasteiger charge is -2.28. The second-order valence-corrected chi connectivity index (χ2v) is 7.23. The fraction of sp³-hybridized carbons (Fsp3) is 1.00. The Kier molecular flexibility index (Phi) is 6.44. The molecule has 0 spiro atoms. The topological polar surface area (TPSA) is 154 Å². The molecule has 0 amide bonds. The summed E-state index contributed by atoms with van der Waals surface area (Å²) < 4.78 is 31.2. The number of rotatable bonds is 8. The summed E-state index contributed by atoms with van der Waals surface area (Å²) in [4.78, 5) is 35.1. The minimum Gasteiger partial charge on any atom is -0.382 e. The average Bonchev–Trinajstić information content (AvgIpc) is 2.13. The minimum absolute atomic E-state index is 0.0783. The number of aliphatic hydroxyl groups is 1. The van der Waals surface area contributed by atoms with Crippen LogP contribution in [0.15, 0.2) is 0 Å². The van der Waals surface area contributed by atoms with Crippen molar-refractivity contribution in [3.05, 3.63) is 0 Å². The summed E-state index contributed by atoms with van der Waals surface area (Å²) in [6, 6.07) is 0. The van der Waals surface area contributed by atoms with E-state index in [1.165, 1.54) is 7.11 Å². The molecule has 9 nitrogen and oxygen atoms in total. The molecule has 0 bridgehead atoms. The smallest absolute Gasteiger partial charge is 0.369 e. The molecule has 0 saturated carbocycles. The second-order valence-electron chi connectivity index (χ2n) is 3.22. The van der Waals surface area contributed by atoms with Gasteiger partial charge in [-0.25, -0.2) is 0 Å². The molecule has 0 fully saturated rings. The fourth-order valence-corrected chi connectivity index (χ4v) is 3.04. The van der Waals surface area contributed by atoms with Gasteiger partial charge in [-0.2, -0.15) is 0 Å². The first kappa shape index (κ1) is 17.2. The largest absolute Gasteiger partial charge is 0.382 e. The van der Waals surface area contributed by atoms with Crippen LogP contribution in [0.2, 0.25) is 0 Å². The highest BCUT2D eigenvalue weighted by Crippen LogP contribution is 2.68. The van der Waals surface area contributed by atoms with Gasteiger partial charge in [0.15, 0.2) is 0 Å². The van der Waals surface area contributed by atoms with E-state index in [1.54, 1.807) is 0 Å². The van der Waals surface area contributed by atoms with Gasteiger partial charge in [0.25, 0.3) is 5.08 Å². The van der Waals surface area contributed by atoms with Crippen LogP contribution >= 0.6 is 15.2 Å². The van der Waals surface area contributed by atoms with Gasteiger partial charge in [-0.3, -0.25) is 9.13 Å². The van der Waals surface area contributed by atoms with Crippen LogP contribution < -0.4 is 0 Å². The summed E-state index contributed by atoms with van der Waals surface area (Å²) >= 11 is 0. The lowest BCUT2D eigenvalue weighted by atomic mass is 10.5. The van der Waals surface area contributed by atoms with Gasteiger partial charge < -0.3 is 34.2 Å². The maximum atomic E-state index is 10.9. The molecule has 0 atom stereocenters. The molecule has 0 saturated heterocycles. The van der Waals surface area contributed by atoms with Gasteiger partial charge in [-0.05, 0) is 0 Å². The van der Waals surface area contributed by atoms with Gasteiger partial charge in [0.2, 0.25) is 0 Å². The molecule has 0 radical (unpaired) electrons. The SMILES string of the molecule is COCCOCCC(O)(P(=O)(O)O)P(=O)(O)O. The molecule has 0 unspecified atom stereocenters. The third-order valence-corrected chi connectivity index (χ3v) is 5.82. The highest BCUT2D eigenvalue weighted by Gasteiger charge is 2.58. The molecular formula is C6H16O9P2. The predicted octanol–water partition coefficient (Wildman–Crippen LogP) is -0.959. The molecule has 11 heteroatoms. The maximum Gasteiger partial charge on any atom is 0.369 e. The Morgan fingerprint density at radius 3 is 1.82 bits per heavy atom. The van der Waals surface area contributed by atoms with Crippen LogP contribution in [-0.4, -0.2) is 56.7 Å². The molecule has 0 aliphatic rings. The van der Waals surface area contributed by atoms with E-state index >= 15 is 0 Å². The van der Waals surface area contributed by atoms with E-state index in [0.717, 1.165) is 0 Å². The van der Waals surface area contributed by atoms with Crippen molar-refractivity contribution < 1.29 is 43.3 Å². The Bertz CT molecular complexity index is 295. The molecule has 0 aliphatic heterocycles. The predicted molar refractivity (Wildman–Crippen MR) is 56.4 cm³/mol. The van der Waals surface area contributed by atoms with E-state index in [1.807, 2.05) is 0 Å². The van der Waals surface area contributed by atoms with Crippen molar-refractivity contribution >= 4 is 15.2 Å². The number of methoxy groups -OCH3 is 1. The zero-order valence-corrected chi connectivity index (χ0v) is 10.9. The van der Waals surface area contributed by atoms with Gasteiger partial charge >= 0.3 is 15.2 Å². The van der Waals surface area contributed by atoms with Crippen LogP contribution in [-0.2, 0) is 18.6 Å². The molecule has 0 rings (SSSR count). The molecule has 5 N–H and O–H groups in total. The lowest BCUT2D eigenvalue weighted by molar-refractivity contribution is 0.0418. The first-order valence-electron chi connectivity index (χ1n) is 4.46. The molecule has 0 aromatic carbocycles. The first-order chi connectivity index (χ1) is 7.56. The first-order valence-corrected chi connectivity index (χ1v) is 7.69. The Morgan fingerprint density at radius 2 is 1.47 bits per heavy atom. The summed E-state index contributed by atoms with van der Waals surface area (Å²) in [5.41, 5.74) is 0. The monoisotopic (exact) mass is 294 g/mol. The lowest BCUT2D eigenvalue weighted by Crippen LogP contribution is -2.30. The second kappa shape index (κ2) is 6.38. The van der Waals surface area contributed by atoms with E-state index in [2.05, 4.69) is 4.74 Å². The summed E-state index contributed by atoms with van der Waals surface area (Å²) in [7, 11) is -9.36. The summed E-state index contributed by atoms with van der Waals surface area (Å²) in [6.45, 7) is -0.130. The van der Waals surface area contributed by atoms with Gasteiger partial charge in [0, 0.05) is 13.5 Å². The highest BCUT2D eigenvalue weighted by atomic mass is 31.2. The van der Waals surface area contributed by atoms with E-state index in [-0.39, 0.29) is 13.2 Å². The zero-order chi connectivity index (χ0) is 13.7. The van der Waals surface area contributed by atoms with Crippen LogP contribution in [0.5, 0.6) is 0 Å². The van der Waals surface area contributed by atoms with Crippen molar-refractivity contribution in [2.75, 3.05) is 26.9 Å². The minimum atomic E-state index is -5.38. The van der Waals surface area contributed by atoms with Crippen LogP contribution in [0.1, 0.15) is 6.42 Å². The molecule has 0 aromatic heterocycles. The van der Waals surface area contributed by atoms with E-state index in [9.17, 15) is 14.2 Å². The van der Waals surface area contributed by atoms with E-state index < -0.39 is 33.3 Å². The summed E-state index contributed by atoms with van der Waals surface area (Å²) in [5, 5.41) is 5.99. The Hall–Kier alpha value is 0.180. The third-order valence-electron chi connectivity index (χ3n) is 1.95. The summed E-state index contributed by atoms with van der Waals surface area (Å²) in [6.07, 6.45) is -0.884. The quantitative estimate of drug-likeness (QED) is 0.281.